The molecule has 0 radical (unpaired) electrons. The Bertz CT molecular complexity index is 1100. The first kappa shape index (κ1) is 34.5. The molecule has 4 N–H and O–H groups in total. The summed E-state index contributed by atoms with van der Waals surface area (Å²) in [5, 5.41) is 7.30. The summed E-state index contributed by atoms with van der Waals surface area (Å²) in [4.78, 5) is 29.3. The van der Waals surface area contributed by atoms with E-state index in [1.165, 1.54) is 38.5 Å². The molecule has 12 heteroatoms. The summed E-state index contributed by atoms with van der Waals surface area (Å²) in [6, 6.07) is 1.32. The molecule has 1 aliphatic heterocycles. The van der Waals surface area contributed by atoms with Crippen LogP contribution in [0.15, 0.2) is 6.33 Å². The van der Waals surface area contributed by atoms with Crippen molar-refractivity contribution in [3.8, 4) is 0 Å². The quantitative estimate of drug-likeness (QED) is 0.252. The van der Waals surface area contributed by atoms with Gasteiger partial charge in [-0.25, -0.2) is 9.78 Å². The van der Waals surface area contributed by atoms with E-state index in [-0.39, 0.29) is 36.9 Å². The molecule has 2 saturated carbocycles. The van der Waals surface area contributed by atoms with E-state index in [1.54, 1.807) is 0 Å². The van der Waals surface area contributed by atoms with Gasteiger partial charge in [-0.3, -0.25) is 0 Å². The molecule has 0 aromatic carbocycles. The highest BCUT2D eigenvalue weighted by Gasteiger charge is 2.28. The largest absolute Gasteiger partial charge is 0.449 e. The van der Waals surface area contributed by atoms with Crippen LogP contribution in [-0.2, 0) is 4.74 Å². The van der Waals surface area contributed by atoms with Crippen LogP contribution in [0.3, 0.4) is 0 Å². The van der Waals surface area contributed by atoms with Crippen molar-refractivity contribution in [2.45, 2.75) is 128 Å². The van der Waals surface area contributed by atoms with E-state index in [4.69, 9.17) is 25.4 Å². The zero-order chi connectivity index (χ0) is 27.9. The smallest absolute Gasteiger partial charge is 0.409 e. The second-order valence-corrected chi connectivity index (χ2v) is 12.3. The number of imidazole rings is 1. The Morgan fingerprint density at radius 1 is 1.00 bits per heavy atom. The van der Waals surface area contributed by atoms with Crippen LogP contribution < -0.4 is 16.4 Å². The van der Waals surface area contributed by atoms with Crippen LogP contribution in [0.1, 0.15) is 110 Å². The third-order valence-corrected chi connectivity index (χ3v) is 9.32. The van der Waals surface area contributed by atoms with Crippen molar-refractivity contribution in [3.05, 3.63) is 6.33 Å². The summed E-state index contributed by atoms with van der Waals surface area (Å²) in [5.74, 6) is 1.92. The lowest BCUT2D eigenvalue weighted by Crippen LogP contribution is -2.43. The number of amides is 1. The molecule has 3 heterocycles. The summed E-state index contributed by atoms with van der Waals surface area (Å²) in [5.41, 5.74) is 7.88. The number of nitrogens with zero attached hydrogens (tertiary/aromatic N) is 5. The number of halogens is 2. The van der Waals surface area contributed by atoms with Gasteiger partial charge in [-0.2, -0.15) is 9.97 Å². The Kier molecular flexibility index (Phi) is 13.7. The van der Waals surface area contributed by atoms with Crippen LogP contribution in [0.5, 0.6) is 0 Å². The molecule has 3 aliphatic rings. The van der Waals surface area contributed by atoms with Gasteiger partial charge in [-0.1, -0.05) is 46.0 Å². The van der Waals surface area contributed by atoms with Gasteiger partial charge in [0, 0.05) is 37.3 Å². The maximum atomic E-state index is 12.7. The molecule has 0 bridgehead atoms. The van der Waals surface area contributed by atoms with Gasteiger partial charge in [0.2, 0.25) is 5.95 Å². The summed E-state index contributed by atoms with van der Waals surface area (Å²) in [6.07, 6.45) is 17.0. The first-order chi connectivity index (χ1) is 19.5. The monoisotopic (exact) mass is 626 g/mol. The minimum atomic E-state index is -0.174. The highest BCUT2D eigenvalue weighted by atomic mass is 35.5. The summed E-state index contributed by atoms with van der Waals surface area (Å²) in [6.45, 7) is 6.27. The molecule has 1 atom stereocenters. The number of nitrogens with two attached hydrogens (primary N) is 1. The number of carbonyl (C=O) groups is 1. The van der Waals surface area contributed by atoms with Crippen molar-refractivity contribution in [3.63, 3.8) is 0 Å². The Balaban J connectivity index is 0.00000242. The lowest BCUT2D eigenvalue weighted by molar-refractivity contribution is 0.0779. The van der Waals surface area contributed by atoms with E-state index in [9.17, 15) is 4.79 Å². The van der Waals surface area contributed by atoms with Crippen molar-refractivity contribution < 1.29 is 9.53 Å². The molecule has 1 saturated heterocycles. The molecule has 10 nitrogen and oxygen atoms in total. The molecule has 0 spiro atoms. The summed E-state index contributed by atoms with van der Waals surface area (Å²) in [7, 11) is 0. The number of rotatable bonds is 11. The predicted octanol–water partition coefficient (Wildman–Crippen LogP) is 6.70. The normalized spacial score (nSPS) is 22.3. The summed E-state index contributed by atoms with van der Waals surface area (Å²) >= 11 is 0. The van der Waals surface area contributed by atoms with Crippen molar-refractivity contribution in [1.82, 2.24) is 24.4 Å². The molecule has 3 fully saturated rings. The topological polar surface area (TPSA) is 123 Å². The maximum Gasteiger partial charge on any atom is 0.409 e. The molecule has 1 unspecified atom stereocenters. The fourth-order valence-corrected chi connectivity index (χ4v) is 6.56. The summed E-state index contributed by atoms with van der Waals surface area (Å²) < 4.78 is 7.97. The van der Waals surface area contributed by atoms with Crippen LogP contribution in [0.25, 0.3) is 11.2 Å². The Morgan fingerprint density at radius 3 is 2.36 bits per heavy atom. The number of anilines is 2. The Hall–Kier alpha value is -2.04. The zero-order valence-electron chi connectivity index (χ0n) is 25.4. The molecule has 1 amide bonds. The second kappa shape index (κ2) is 16.7. The van der Waals surface area contributed by atoms with Gasteiger partial charge < -0.3 is 30.6 Å². The minimum Gasteiger partial charge on any atom is -0.449 e. The number of nitrogens with one attached hydrogen (secondary N) is 2. The Labute approximate surface area is 263 Å². The molecule has 2 aromatic heterocycles. The number of hydrogen-bond acceptors (Lipinski definition) is 8. The molecule has 2 aromatic rings. The molecule has 5 rings (SSSR count). The van der Waals surface area contributed by atoms with Crippen LogP contribution >= 0.6 is 24.8 Å². The van der Waals surface area contributed by atoms with Crippen molar-refractivity contribution in [1.29, 1.82) is 0 Å². The van der Waals surface area contributed by atoms with Gasteiger partial charge in [0.05, 0.1) is 12.9 Å². The zero-order valence-corrected chi connectivity index (χ0v) is 27.1. The van der Waals surface area contributed by atoms with Crippen LogP contribution in [0.2, 0.25) is 0 Å². The number of fused-ring (bicyclic) bond motifs is 1. The number of aromatic nitrogens is 4. The van der Waals surface area contributed by atoms with Gasteiger partial charge in [-0.15, -0.1) is 24.8 Å². The lowest BCUT2D eigenvalue weighted by atomic mass is 9.92. The van der Waals surface area contributed by atoms with E-state index in [0.29, 0.717) is 49.7 Å². The number of hydrogen-bond donors (Lipinski definition) is 3. The number of likely N-dealkylation sites (tertiary alicyclic amines) is 1. The fourth-order valence-electron chi connectivity index (χ4n) is 6.56. The van der Waals surface area contributed by atoms with Gasteiger partial charge in [0.25, 0.3) is 0 Å². The fraction of sp³-hybridized carbons (Fsp3) is 0.800. The van der Waals surface area contributed by atoms with Gasteiger partial charge in [0.15, 0.2) is 17.0 Å². The number of ether oxygens (including phenoxy) is 1. The Morgan fingerprint density at radius 2 is 1.69 bits per heavy atom. The van der Waals surface area contributed by atoms with Crippen molar-refractivity contribution >= 4 is 53.8 Å². The van der Waals surface area contributed by atoms with E-state index < -0.39 is 0 Å². The van der Waals surface area contributed by atoms with Crippen LogP contribution in [0, 0.1) is 5.92 Å². The van der Waals surface area contributed by atoms with E-state index in [0.717, 1.165) is 68.3 Å². The predicted molar refractivity (Wildman–Crippen MR) is 174 cm³/mol. The van der Waals surface area contributed by atoms with Gasteiger partial charge in [0.1, 0.15) is 0 Å². The lowest BCUT2D eigenvalue weighted by Gasteiger charge is -2.32. The average molecular weight is 628 g/mol. The first-order valence-corrected chi connectivity index (χ1v) is 16.0. The highest BCUT2D eigenvalue weighted by molar-refractivity contribution is 5.86. The van der Waals surface area contributed by atoms with Crippen LogP contribution in [0.4, 0.5) is 16.6 Å². The van der Waals surface area contributed by atoms with Gasteiger partial charge >= 0.3 is 6.09 Å². The first-order valence-electron chi connectivity index (χ1n) is 16.0. The number of piperidine rings is 1. The number of carbonyl (C=O) groups excluding carboxylic acids is 1. The molecule has 2 aliphatic carbocycles. The average Bonchev–Trinajstić information content (AvgIpc) is 3.65. The van der Waals surface area contributed by atoms with E-state index in [1.807, 2.05) is 11.2 Å². The van der Waals surface area contributed by atoms with Gasteiger partial charge in [-0.05, 0) is 63.7 Å². The SMILES string of the molecule is CCCCC(CC)COC(=O)N1CCC(Nc2nc(NC3CCC(N)CC3)nc3c2ncn3C2CCCC2)CC1.Cl.Cl. The number of unbranched alkanes of at least 4 members (excludes halogenated alkanes) is 1. The van der Waals surface area contributed by atoms with Crippen LogP contribution in [-0.4, -0.2) is 68.3 Å². The molecule has 238 valence electrons. The second-order valence-electron chi connectivity index (χ2n) is 12.3. The minimum absolute atomic E-state index is 0. The molecular weight excluding hydrogens is 575 g/mol. The van der Waals surface area contributed by atoms with Crippen molar-refractivity contribution in [2.24, 2.45) is 11.7 Å². The third-order valence-electron chi connectivity index (χ3n) is 9.32. The maximum absolute atomic E-state index is 12.7. The third kappa shape index (κ3) is 8.76. The van der Waals surface area contributed by atoms with Crippen molar-refractivity contribution in [2.75, 3.05) is 30.3 Å². The molecule has 42 heavy (non-hydrogen) atoms. The standard InChI is InChI=1S/C30H50N8O2.2ClH/c1-3-5-8-21(4-2)19-40-30(39)37-17-15-24(16-18-37)33-27-26-28(38(20-32-26)25-9-6-7-10-25)36-29(35-27)34-23-13-11-22(31)12-14-23;;/h20-25H,3-19,31H2,1-2H3,(H2,33,34,35,36);2*1H. The highest BCUT2D eigenvalue weighted by Crippen LogP contribution is 2.34. The van der Waals surface area contributed by atoms with E-state index in [2.05, 4.69) is 29.0 Å². The van der Waals surface area contributed by atoms with E-state index >= 15 is 0 Å². The molecular formula is C30H52Cl2N8O2.